The van der Waals surface area contributed by atoms with Crippen LogP contribution in [0.15, 0.2) is 103 Å². The number of benzene rings is 4. The monoisotopic (exact) mass is 496 g/mol. The molecule has 3 nitrogen and oxygen atoms in total. The van der Waals surface area contributed by atoms with Crippen LogP contribution >= 0.6 is 0 Å². The highest BCUT2D eigenvalue weighted by atomic mass is 19.1. The number of hydrogen-bond donors (Lipinski definition) is 1. The molecule has 2 aliphatic rings. The average molecular weight is 497 g/mol. The zero-order valence-corrected chi connectivity index (χ0v) is 20.6. The molecule has 5 heteroatoms. The molecule has 0 spiro atoms. The quantitative estimate of drug-likeness (QED) is 0.326. The van der Waals surface area contributed by atoms with Gasteiger partial charge in [0.2, 0.25) is 0 Å². The SMILES string of the molecule is OC(CCN1CC[C@H]2[C@H](C1)c1cc(F)ccc1N2c1ccc(F)cc1)(c1ccccc1)c1ccccc1. The Morgan fingerprint density at radius 3 is 2.05 bits per heavy atom. The first-order valence-electron chi connectivity index (χ1n) is 12.9. The van der Waals surface area contributed by atoms with E-state index in [1.54, 1.807) is 18.2 Å². The number of piperidine rings is 1. The molecule has 2 heterocycles. The number of aliphatic hydroxyl groups is 1. The Bertz CT molecular complexity index is 1320. The van der Waals surface area contributed by atoms with Crippen molar-refractivity contribution < 1.29 is 13.9 Å². The van der Waals surface area contributed by atoms with Gasteiger partial charge in [-0.25, -0.2) is 8.78 Å². The zero-order chi connectivity index (χ0) is 25.4. The molecule has 0 unspecified atom stereocenters. The van der Waals surface area contributed by atoms with Gasteiger partial charge in [0.15, 0.2) is 0 Å². The summed E-state index contributed by atoms with van der Waals surface area (Å²) in [6.45, 7) is 2.36. The van der Waals surface area contributed by atoms with Crippen molar-refractivity contribution in [3.05, 3.63) is 131 Å². The Morgan fingerprint density at radius 1 is 0.784 bits per heavy atom. The first-order valence-corrected chi connectivity index (χ1v) is 12.9. The summed E-state index contributed by atoms with van der Waals surface area (Å²) in [6, 6.07) is 31.5. The summed E-state index contributed by atoms with van der Waals surface area (Å²) in [4.78, 5) is 4.64. The van der Waals surface area contributed by atoms with Gasteiger partial charge in [0, 0.05) is 43.0 Å². The van der Waals surface area contributed by atoms with E-state index in [0.29, 0.717) is 13.0 Å². The van der Waals surface area contributed by atoms with Gasteiger partial charge in [-0.3, -0.25) is 0 Å². The highest BCUT2D eigenvalue weighted by Gasteiger charge is 2.43. The Kier molecular flexibility index (Phi) is 6.27. The molecule has 0 bridgehead atoms. The lowest BCUT2D eigenvalue weighted by molar-refractivity contribution is 0.0524. The Labute approximate surface area is 216 Å². The molecule has 0 aliphatic carbocycles. The lowest BCUT2D eigenvalue weighted by Gasteiger charge is -2.40. The summed E-state index contributed by atoms with van der Waals surface area (Å²) in [5.41, 5.74) is 3.59. The van der Waals surface area contributed by atoms with Gasteiger partial charge >= 0.3 is 0 Å². The van der Waals surface area contributed by atoms with E-state index >= 15 is 0 Å². The van der Waals surface area contributed by atoms with Gasteiger partial charge in [-0.1, -0.05) is 60.7 Å². The average Bonchev–Trinajstić information content (AvgIpc) is 3.26. The molecule has 0 radical (unpaired) electrons. The normalized spacial score (nSPS) is 19.5. The maximum Gasteiger partial charge on any atom is 0.123 e. The maximum absolute atomic E-state index is 14.4. The molecule has 4 aromatic rings. The van der Waals surface area contributed by atoms with E-state index in [1.165, 1.54) is 18.2 Å². The topological polar surface area (TPSA) is 26.7 Å². The molecule has 1 saturated heterocycles. The van der Waals surface area contributed by atoms with Crippen LogP contribution in [-0.2, 0) is 5.60 Å². The lowest BCUT2D eigenvalue weighted by Crippen LogP contribution is -2.46. The second-order valence-corrected chi connectivity index (χ2v) is 10.2. The third-order valence-corrected chi connectivity index (χ3v) is 8.04. The van der Waals surface area contributed by atoms with Crippen molar-refractivity contribution in [1.29, 1.82) is 0 Å². The van der Waals surface area contributed by atoms with Crippen LogP contribution in [0.1, 0.15) is 35.4 Å². The fraction of sp³-hybridized carbons (Fsp3) is 0.250. The molecular weight excluding hydrogens is 466 g/mol. The van der Waals surface area contributed by atoms with Gasteiger partial charge in [-0.2, -0.15) is 0 Å². The molecule has 1 fully saturated rings. The molecule has 2 aliphatic heterocycles. The van der Waals surface area contributed by atoms with Crippen LogP contribution in [0.25, 0.3) is 0 Å². The minimum atomic E-state index is -1.10. The van der Waals surface area contributed by atoms with Crippen LogP contribution in [-0.4, -0.2) is 35.7 Å². The summed E-state index contributed by atoms with van der Waals surface area (Å²) in [5, 5.41) is 12.0. The van der Waals surface area contributed by atoms with Crippen molar-refractivity contribution in [2.75, 3.05) is 24.5 Å². The summed E-state index contributed by atoms with van der Waals surface area (Å²) in [5.74, 6) is -0.373. The van der Waals surface area contributed by atoms with Crippen molar-refractivity contribution in [3.63, 3.8) is 0 Å². The van der Waals surface area contributed by atoms with Gasteiger partial charge in [-0.15, -0.1) is 0 Å². The number of nitrogens with zero attached hydrogens (tertiary/aromatic N) is 2. The van der Waals surface area contributed by atoms with E-state index < -0.39 is 5.60 Å². The van der Waals surface area contributed by atoms with E-state index in [0.717, 1.165) is 47.6 Å². The third-order valence-electron chi connectivity index (χ3n) is 8.04. The van der Waals surface area contributed by atoms with Gasteiger partial charge in [0.05, 0.1) is 0 Å². The molecule has 188 valence electrons. The largest absolute Gasteiger partial charge is 0.380 e. The number of rotatable bonds is 6. The number of hydrogen-bond acceptors (Lipinski definition) is 3. The minimum absolute atomic E-state index is 0.131. The summed E-state index contributed by atoms with van der Waals surface area (Å²) < 4.78 is 28.0. The minimum Gasteiger partial charge on any atom is -0.380 e. The maximum atomic E-state index is 14.4. The van der Waals surface area contributed by atoms with E-state index in [-0.39, 0.29) is 23.6 Å². The second kappa shape index (κ2) is 9.73. The predicted octanol–water partition coefficient (Wildman–Crippen LogP) is 6.60. The van der Waals surface area contributed by atoms with Crippen LogP contribution in [0.3, 0.4) is 0 Å². The van der Waals surface area contributed by atoms with Gasteiger partial charge in [0.1, 0.15) is 17.2 Å². The van der Waals surface area contributed by atoms with E-state index in [2.05, 4.69) is 9.80 Å². The molecule has 0 amide bonds. The highest BCUT2D eigenvalue weighted by molar-refractivity contribution is 5.73. The molecule has 6 rings (SSSR count). The van der Waals surface area contributed by atoms with Crippen LogP contribution in [0.2, 0.25) is 0 Å². The van der Waals surface area contributed by atoms with Crippen LogP contribution in [0.5, 0.6) is 0 Å². The van der Waals surface area contributed by atoms with Crippen molar-refractivity contribution in [2.45, 2.75) is 30.4 Å². The predicted molar refractivity (Wildman–Crippen MR) is 143 cm³/mol. The molecule has 37 heavy (non-hydrogen) atoms. The summed E-state index contributed by atoms with van der Waals surface area (Å²) in [6.07, 6.45) is 1.45. The second-order valence-electron chi connectivity index (χ2n) is 10.2. The van der Waals surface area contributed by atoms with Gasteiger partial charge in [-0.05, 0) is 72.0 Å². The highest BCUT2D eigenvalue weighted by Crippen LogP contribution is 2.48. The van der Waals surface area contributed by atoms with E-state index in [1.807, 2.05) is 66.7 Å². The first-order chi connectivity index (χ1) is 18.0. The van der Waals surface area contributed by atoms with E-state index in [9.17, 15) is 13.9 Å². The lowest BCUT2D eigenvalue weighted by atomic mass is 9.83. The third kappa shape index (κ3) is 4.43. The Morgan fingerprint density at radius 2 is 1.41 bits per heavy atom. The smallest absolute Gasteiger partial charge is 0.123 e. The van der Waals surface area contributed by atoms with Crippen molar-refractivity contribution in [1.82, 2.24) is 4.90 Å². The number of halogens is 2. The van der Waals surface area contributed by atoms with Gasteiger partial charge in [0.25, 0.3) is 0 Å². The van der Waals surface area contributed by atoms with Crippen LogP contribution in [0.4, 0.5) is 20.2 Å². The molecule has 2 atom stereocenters. The Hall–Kier alpha value is -3.54. The first kappa shape index (κ1) is 23.8. The number of anilines is 2. The standard InChI is InChI=1S/C32H30F2N2O/c33-25-11-14-27(15-12-25)36-30-16-13-26(34)21-28(30)29-22-35(19-17-31(29)36)20-18-32(37,23-7-3-1-4-8-23)24-9-5-2-6-10-24/h1-16,21,29,31,37H,17-20,22H2/t29-,31+/m1/s1. The summed E-state index contributed by atoms with van der Waals surface area (Å²) in [7, 11) is 0. The molecular formula is C32H30F2N2O. The molecule has 0 saturated carbocycles. The van der Waals surface area contributed by atoms with Crippen molar-refractivity contribution in [3.8, 4) is 0 Å². The van der Waals surface area contributed by atoms with Crippen molar-refractivity contribution in [2.24, 2.45) is 0 Å². The van der Waals surface area contributed by atoms with Crippen LogP contribution in [0, 0.1) is 11.6 Å². The number of likely N-dealkylation sites (tertiary alicyclic amines) is 1. The molecule has 1 N–H and O–H groups in total. The number of fused-ring (bicyclic) bond motifs is 3. The van der Waals surface area contributed by atoms with Gasteiger partial charge < -0.3 is 14.9 Å². The summed E-state index contributed by atoms with van der Waals surface area (Å²) >= 11 is 0. The molecule has 0 aromatic heterocycles. The van der Waals surface area contributed by atoms with Crippen LogP contribution < -0.4 is 4.90 Å². The van der Waals surface area contributed by atoms with E-state index in [4.69, 9.17) is 0 Å². The zero-order valence-electron chi connectivity index (χ0n) is 20.6. The Balaban J connectivity index is 1.26. The molecule has 4 aromatic carbocycles. The van der Waals surface area contributed by atoms with Crippen molar-refractivity contribution >= 4 is 11.4 Å². The fourth-order valence-corrected chi connectivity index (χ4v) is 6.18. The fourth-order valence-electron chi connectivity index (χ4n) is 6.18.